The number of non-ortho nitro benzene ring substituents is 1. The van der Waals surface area contributed by atoms with Crippen LogP contribution in [-0.2, 0) is 0 Å². The molecule has 0 spiro atoms. The van der Waals surface area contributed by atoms with E-state index in [0.29, 0.717) is 5.69 Å². The number of nitrogens with one attached hydrogen (secondary N) is 2. The Bertz CT molecular complexity index is 493. The van der Waals surface area contributed by atoms with E-state index in [4.69, 9.17) is 0 Å². The van der Waals surface area contributed by atoms with Gasteiger partial charge in [0.25, 0.3) is 5.69 Å². The summed E-state index contributed by atoms with van der Waals surface area (Å²) in [7, 11) is 0. The number of nitrogens with zero attached hydrogens (tertiary/aromatic N) is 1. The number of rotatable bonds is 6. The van der Waals surface area contributed by atoms with Gasteiger partial charge in [-0.2, -0.15) is 0 Å². The number of nitro groups is 1. The van der Waals surface area contributed by atoms with Crippen molar-refractivity contribution in [2.24, 2.45) is 0 Å². The summed E-state index contributed by atoms with van der Waals surface area (Å²) in [4.78, 5) is 10.6. The van der Waals surface area contributed by atoms with Crippen LogP contribution in [0.3, 0.4) is 0 Å². The van der Waals surface area contributed by atoms with Crippen molar-refractivity contribution in [1.29, 1.82) is 0 Å². The zero-order valence-corrected chi connectivity index (χ0v) is 12.3. The van der Waals surface area contributed by atoms with Gasteiger partial charge < -0.3 is 15.7 Å². The zero-order chi connectivity index (χ0) is 15.2. The molecule has 21 heavy (non-hydrogen) atoms. The van der Waals surface area contributed by atoms with Crippen LogP contribution in [0.1, 0.15) is 39.0 Å². The molecule has 2 rings (SSSR count). The lowest BCUT2D eigenvalue weighted by Crippen LogP contribution is -2.36. The van der Waals surface area contributed by atoms with Gasteiger partial charge in [0.05, 0.1) is 17.1 Å². The molecule has 1 aromatic rings. The van der Waals surface area contributed by atoms with E-state index in [2.05, 4.69) is 10.6 Å². The fourth-order valence-corrected chi connectivity index (χ4v) is 2.67. The van der Waals surface area contributed by atoms with Crippen molar-refractivity contribution in [1.82, 2.24) is 0 Å². The van der Waals surface area contributed by atoms with Crippen LogP contribution in [-0.4, -0.2) is 28.7 Å². The highest BCUT2D eigenvalue weighted by Crippen LogP contribution is 2.28. The van der Waals surface area contributed by atoms with E-state index < -0.39 is 0 Å². The highest BCUT2D eigenvalue weighted by molar-refractivity contribution is 5.63. The standard InChI is InChI=1S/C15H23N3O3/c1-2-7-16-11-8-12(10-13(9-11)18(20)21)17-14-5-3-4-6-15(14)19/h8-10,14-17,19H,2-7H2,1H3. The largest absolute Gasteiger partial charge is 0.391 e. The van der Waals surface area contributed by atoms with E-state index in [9.17, 15) is 15.2 Å². The Kier molecular flexibility index (Phi) is 5.38. The number of aliphatic hydroxyl groups excluding tert-OH is 1. The van der Waals surface area contributed by atoms with Crippen molar-refractivity contribution in [2.45, 2.75) is 51.2 Å². The van der Waals surface area contributed by atoms with Crippen molar-refractivity contribution in [3.05, 3.63) is 28.3 Å². The van der Waals surface area contributed by atoms with Gasteiger partial charge in [0, 0.05) is 30.1 Å². The molecule has 0 bridgehead atoms. The van der Waals surface area contributed by atoms with Crippen LogP contribution >= 0.6 is 0 Å². The number of hydrogen-bond acceptors (Lipinski definition) is 5. The molecule has 2 atom stereocenters. The average Bonchev–Trinajstić information content (AvgIpc) is 2.47. The van der Waals surface area contributed by atoms with E-state index >= 15 is 0 Å². The summed E-state index contributed by atoms with van der Waals surface area (Å²) in [5.74, 6) is 0. The summed E-state index contributed by atoms with van der Waals surface area (Å²) >= 11 is 0. The molecule has 1 saturated carbocycles. The molecule has 2 unspecified atom stereocenters. The van der Waals surface area contributed by atoms with Crippen LogP contribution < -0.4 is 10.6 Å². The molecule has 0 saturated heterocycles. The minimum absolute atomic E-state index is 0.0280. The first-order valence-electron chi connectivity index (χ1n) is 7.58. The Labute approximate surface area is 124 Å². The number of nitro benzene ring substituents is 1. The first-order chi connectivity index (χ1) is 10.1. The third-order valence-corrected chi connectivity index (χ3v) is 3.79. The fourth-order valence-electron chi connectivity index (χ4n) is 2.67. The minimum Gasteiger partial charge on any atom is -0.391 e. The Morgan fingerprint density at radius 2 is 2.00 bits per heavy atom. The third kappa shape index (κ3) is 4.32. The predicted octanol–water partition coefficient (Wildman–Crippen LogP) is 3.13. The summed E-state index contributed by atoms with van der Waals surface area (Å²) in [5, 5.41) is 27.5. The first-order valence-corrected chi connectivity index (χ1v) is 7.58. The van der Waals surface area contributed by atoms with Gasteiger partial charge in [0.2, 0.25) is 0 Å². The maximum Gasteiger partial charge on any atom is 0.273 e. The van der Waals surface area contributed by atoms with Crippen LogP contribution in [0, 0.1) is 10.1 Å². The summed E-state index contributed by atoms with van der Waals surface area (Å²) in [5.41, 5.74) is 1.48. The van der Waals surface area contributed by atoms with E-state index in [1.54, 1.807) is 0 Å². The highest BCUT2D eigenvalue weighted by atomic mass is 16.6. The van der Waals surface area contributed by atoms with Crippen LogP contribution in [0.25, 0.3) is 0 Å². The number of benzene rings is 1. The number of aliphatic hydroxyl groups is 1. The summed E-state index contributed by atoms with van der Waals surface area (Å²) < 4.78 is 0. The van der Waals surface area contributed by atoms with Crippen molar-refractivity contribution >= 4 is 17.1 Å². The normalized spacial score (nSPS) is 21.8. The Balaban J connectivity index is 2.16. The van der Waals surface area contributed by atoms with Crippen molar-refractivity contribution < 1.29 is 10.0 Å². The maximum atomic E-state index is 11.0. The quantitative estimate of drug-likeness (QED) is 0.554. The van der Waals surface area contributed by atoms with Crippen LogP contribution in [0.2, 0.25) is 0 Å². The second-order valence-electron chi connectivity index (χ2n) is 5.56. The highest BCUT2D eigenvalue weighted by Gasteiger charge is 2.23. The van der Waals surface area contributed by atoms with Gasteiger partial charge in [0.1, 0.15) is 0 Å². The summed E-state index contributed by atoms with van der Waals surface area (Å²) in [6.07, 6.45) is 4.36. The smallest absolute Gasteiger partial charge is 0.273 e. The van der Waals surface area contributed by atoms with Gasteiger partial charge >= 0.3 is 0 Å². The van der Waals surface area contributed by atoms with E-state index in [0.717, 1.165) is 44.3 Å². The average molecular weight is 293 g/mol. The molecule has 116 valence electrons. The Morgan fingerprint density at radius 1 is 1.29 bits per heavy atom. The molecule has 1 aromatic carbocycles. The molecular weight excluding hydrogens is 270 g/mol. The lowest BCUT2D eigenvalue weighted by Gasteiger charge is -2.29. The molecular formula is C15H23N3O3. The molecule has 0 radical (unpaired) electrons. The van der Waals surface area contributed by atoms with Gasteiger partial charge in [-0.05, 0) is 25.3 Å². The molecule has 0 amide bonds. The van der Waals surface area contributed by atoms with Crippen molar-refractivity contribution in [3.8, 4) is 0 Å². The molecule has 1 fully saturated rings. The number of hydrogen-bond donors (Lipinski definition) is 3. The van der Waals surface area contributed by atoms with Crippen molar-refractivity contribution in [2.75, 3.05) is 17.2 Å². The molecule has 0 aromatic heterocycles. The topological polar surface area (TPSA) is 87.4 Å². The monoisotopic (exact) mass is 293 g/mol. The third-order valence-electron chi connectivity index (χ3n) is 3.79. The van der Waals surface area contributed by atoms with E-state index in [-0.39, 0.29) is 22.8 Å². The fraction of sp³-hybridized carbons (Fsp3) is 0.600. The first kappa shape index (κ1) is 15.6. The molecule has 0 heterocycles. The molecule has 1 aliphatic carbocycles. The zero-order valence-electron chi connectivity index (χ0n) is 12.3. The second-order valence-corrected chi connectivity index (χ2v) is 5.56. The molecule has 1 aliphatic rings. The molecule has 6 nitrogen and oxygen atoms in total. The second kappa shape index (κ2) is 7.26. The SMILES string of the molecule is CCCNc1cc(NC2CCCCC2O)cc([N+](=O)[O-])c1. The summed E-state index contributed by atoms with van der Waals surface area (Å²) in [6, 6.07) is 4.90. The Morgan fingerprint density at radius 3 is 2.67 bits per heavy atom. The van der Waals surface area contributed by atoms with Crippen LogP contribution in [0.15, 0.2) is 18.2 Å². The van der Waals surface area contributed by atoms with Gasteiger partial charge in [-0.1, -0.05) is 19.8 Å². The van der Waals surface area contributed by atoms with Crippen LogP contribution in [0.4, 0.5) is 17.1 Å². The van der Waals surface area contributed by atoms with Gasteiger partial charge in [-0.3, -0.25) is 10.1 Å². The van der Waals surface area contributed by atoms with E-state index in [1.165, 1.54) is 12.1 Å². The van der Waals surface area contributed by atoms with E-state index in [1.807, 2.05) is 13.0 Å². The molecule has 0 aliphatic heterocycles. The maximum absolute atomic E-state index is 11.0. The minimum atomic E-state index is -0.389. The lowest BCUT2D eigenvalue weighted by molar-refractivity contribution is -0.384. The Hall–Kier alpha value is -1.82. The van der Waals surface area contributed by atoms with Gasteiger partial charge in [-0.25, -0.2) is 0 Å². The lowest BCUT2D eigenvalue weighted by atomic mass is 9.92. The van der Waals surface area contributed by atoms with Crippen molar-refractivity contribution in [3.63, 3.8) is 0 Å². The molecule has 6 heteroatoms. The van der Waals surface area contributed by atoms with Gasteiger partial charge in [-0.15, -0.1) is 0 Å². The van der Waals surface area contributed by atoms with Gasteiger partial charge in [0.15, 0.2) is 0 Å². The van der Waals surface area contributed by atoms with Crippen LogP contribution in [0.5, 0.6) is 0 Å². The predicted molar refractivity (Wildman–Crippen MR) is 83.8 cm³/mol. The molecule has 3 N–H and O–H groups in total. The number of anilines is 2. The summed E-state index contributed by atoms with van der Waals surface area (Å²) in [6.45, 7) is 2.81.